The largest absolute Gasteiger partial charge is 0.336 e. The van der Waals surface area contributed by atoms with E-state index in [9.17, 15) is 0 Å². The van der Waals surface area contributed by atoms with E-state index >= 15 is 0 Å². The zero-order valence-corrected chi connectivity index (χ0v) is 10.2. The third-order valence-corrected chi connectivity index (χ3v) is 3.37. The summed E-state index contributed by atoms with van der Waals surface area (Å²) in [5, 5.41) is 6.71. The highest BCUT2D eigenvalue weighted by molar-refractivity contribution is 7.09. The molecule has 2 aromatic rings. The molecule has 0 amide bonds. The van der Waals surface area contributed by atoms with Crippen molar-refractivity contribution in [1.29, 1.82) is 0 Å². The molecule has 0 saturated carbocycles. The van der Waals surface area contributed by atoms with Crippen LogP contribution in [0.4, 0.5) is 0 Å². The lowest BCUT2D eigenvalue weighted by atomic mass is 10.2. The normalized spacial score (nSPS) is 12.8. The maximum atomic E-state index is 4.34. The van der Waals surface area contributed by atoms with Crippen molar-refractivity contribution in [2.75, 3.05) is 6.54 Å². The van der Waals surface area contributed by atoms with Crippen LogP contribution in [0.15, 0.2) is 30.3 Å². The lowest BCUT2D eigenvalue weighted by Crippen LogP contribution is -2.24. The van der Waals surface area contributed by atoms with Gasteiger partial charge in [0.25, 0.3) is 0 Å². The smallest absolute Gasteiger partial charge is 0.109 e. The van der Waals surface area contributed by atoms with Crippen LogP contribution < -0.4 is 5.32 Å². The summed E-state index contributed by atoms with van der Waals surface area (Å²) >= 11 is 1.71. The van der Waals surface area contributed by atoms with Gasteiger partial charge in [-0.2, -0.15) is 0 Å². The Kier molecular flexibility index (Phi) is 4.07. The van der Waals surface area contributed by atoms with Crippen LogP contribution in [0.1, 0.15) is 24.4 Å². The molecule has 0 spiro atoms. The molecule has 4 nitrogen and oxygen atoms in total. The van der Waals surface area contributed by atoms with Crippen LogP contribution in [-0.2, 0) is 6.54 Å². The third-order valence-electron chi connectivity index (χ3n) is 2.48. The number of hydrogen-bond acceptors (Lipinski definition) is 4. The number of aromatic nitrogens is 3. The van der Waals surface area contributed by atoms with Gasteiger partial charge in [-0.05, 0) is 6.42 Å². The van der Waals surface area contributed by atoms with Gasteiger partial charge in [0.05, 0.1) is 12.4 Å². The highest BCUT2D eigenvalue weighted by atomic mass is 32.1. The topological polar surface area (TPSA) is 42.7 Å². The van der Waals surface area contributed by atoms with Crippen molar-refractivity contribution in [3.63, 3.8) is 0 Å². The quantitative estimate of drug-likeness (QED) is 0.835. The van der Waals surface area contributed by atoms with Crippen molar-refractivity contribution >= 4 is 11.3 Å². The first-order chi connectivity index (χ1) is 7.90. The molecule has 0 aliphatic carbocycles. The molecule has 16 heavy (non-hydrogen) atoms. The van der Waals surface area contributed by atoms with E-state index in [2.05, 4.69) is 26.8 Å². The van der Waals surface area contributed by atoms with E-state index in [1.54, 1.807) is 17.5 Å². The van der Waals surface area contributed by atoms with Crippen LogP contribution >= 0.6 is 11.3 Å². The van der Waals surface area contributed by atoms with Crippen molar-refractivity contribution in [3.05, 3.63) is 35.3 Å². The van der Waals surface area contributed by atoms with Gasteiger partial charge >= 0.3 is 0 Å². The molecule has 0 aromatic carbocycles. The molecular formula is C11H16N4S. The second-order valence-electron chi connectivity index (χ2n) is 3.59. The van der Waals surface area contributed by atoms with Crippen molar-refractivity contribution in [1.82, 2.24) is 19.9 Å². The molecule has 2 heterocycles. The maximum Gasteiger partial charge on any atom is 0.109 e. The number of rotatable bonds is 6. The molecular weight excluding hydrogens is 220 g/mol. The molecule has 1 atom stereocenters. The predicted octanol–water partition coefficient (Wildman–Crippen LogP) is 2.08. The van der Waals surface area contributed by atoms with Gasteiger partial charge in [-0.15, -0.1) is 11.3 Å². The van der Waals surface area contributed by atoms with Gasteiger partial charge < -0.3 is 9.88 Å². The molecule has 0 unspecified atom stereocenters. The summed E-state index contributed by atoms with van der Waals surface area (Å²) in [6.45, 7) is 4.06. The fourth-order valence-corrected chi connectivity index (χ4v) is 2.40. The summed E-state index contributed by atoms with van der Waals surface area (Å²) in [5.41, 5.74) is 0. The van der Waals surface area contributed by atoms with Crippen molar-refractivity contribution in [2.24, 2.45) is 0 Å². The van der Waals surface area contributed by atoms with Crippen molar-refractivity contribution in [2.45, 2.75) is 25.9 Å². The van der Waals surface area contributed by atoms with Crippen molar-refractivity contribution in [3.8, 4) is 0 Å². The summed E-state index contributed by atoms with van der Waals surface area (Å²) < 4.78 is 2.07. The van der Waals surface area contributed by atoms with Gasteiger partial charge in [-0.25, -0.2) is 9.97 Å². The summed E-state index contributed by atoms with van der Waals surface area (Å²) in [4.78, 5) is 8.35. The van der Waals surface area contributed by atoms with Gasteiger partial charge in [-0.1, -0.05) is 6.92 Å². The average Bonchev–Trinajstić information content (AvgIpc) is 2.96. The zero-order chi connectivity index (χ0) is 11.2. The summed E-state index contributed by atoms with van der Waals surface area (Å²) in [7, 11) is 0. The Hall–Kier alpha value is -1.20. The molecule has 2 aromatic heterocycles. The third kappa shape index (κ3) is 2.90. The van der Waals surface area contributed by atoms with E-state index in [-0.39, 0.29) is 0 Å². The van der Waals surface area contributed by atoms with E-state index in [4.69, 9.17) is 0 Å². The SMILES string of the molecule is CC[C@@H](NCCn1ccnc1)c1nccs1. The number of nitrogens with one attached hydrogen (secondary N) is 1. The van der Waals surface area contributed by atoms with Crippen LogP contribution in [0.3, 0.4) is 0 Å². The molecule has 0 bridgehead atoms. The monoisotopic (exact) mass is 236 g/mol. The Morgan fingerprint density at radius 1 is 1.50 bits per heavy atom. The zero-order valence-electron chi connectivity index (χ0n) is 9.34. The number of nitrogens with zero attached hydrogens (tertiary/aromatic N) is 3. The summed E-state index contributed by atoms with van der Waals surface area (Å²) in [6, 6.07) is 0.378. The van der Waals surface area contributed by atoms with Gasteiger partial charge in [-0.3, -0.25) is 0 Å². The first-order valence-electron chi connectivity index (χ1n) is 5.48. The molecule has 0 radical (unpaired) electrons. The first-order valence-corrected chi connectivity index (χ1v) is 6.36. The molecule has 2 rings (SSSR count). The van der Waals surface area contributed by atoms with E-state index in [1.807, 2.05) is 24.1 Å². The minimum atomic E-state index is 0.378. The average molecular weight is 236 g/mol. The van der Waals surface area contributed by atoms with E-state index in [0.29, 0.717) is 6.04 Å². The molecule has 0 saturated heterocycles. The Morgan fingerprint density at radius 3 is 3.06 bits per heavy atom. The Labute approximate surface area is 99.4 Å². The van der Waals surface area contributed by atoms with E-state index < -0.39 is 0 Å². The van der Waals surface area contributed by atoms with E-state index in [1.165, 1.54) is 5.01 Å². The molecule has 5 heteroatoms. The second-order valence-corrected chi connectivity index (χ2v) is 4.51. The first kappa shape index (κ1) is 11.3. The standard InChI is InChI=1S/C11H16N4S/c1-2-10(11-14-5-8-16-11)13-4-7-15-6-3-12-9-15/h3,5-6,8-10,13H,2,4,7H2,1H3/t10-/m1/s1. The summed E-state index contributed by atoms with van der Waals surface area (Å²) in [6.07, 6.45) is 8.55. The summed E-state index contributed by atoms with van der Waals surface area (Å²) in [5.74, 6) is 0. The minimum absolute atomic E-state index is 0.378. The number of hydrogen-bond donors (Lipinski definition) is 1. The number of imidazole rings is 1. The minimum Gasteiger partial charge on any atom is -0.336 e. The lowest BCUT2D eigenvalue weighted by Gasteiger charge is -2.14. The van der Waals surface area contributed by atoms with Crippen LogP contribution in [0.2, 0.25) is 0 Å². The highest BCUT2D eigenvalue weighted by Gasteiger charge is 2.10. The van der Waals surface area contributed by atoms with Gasteiger partial charge in [0.1, 0.15) is 5.01 Å². The lowest BCUT2D eigenvalue weighted by molar-refractivity contribution is 0.490. The van der Waals surface area contributed by atoms with Crippen LogP contribution in [-0.4, -0.2) is 21.1 Å². The van der Waals surface area contributed by atoms with Crippen LogP contribution in [0.5, 0.6) is 0 Å². The molecule has 0 aliphatic heterocycles. The number of thiazole rings is 1. The fourth-order valence-electron chi connectivity index (χ4n) is 1.60. The Bertz CT molecular complexity index is 382. The molecule has 0 fully saturated rings. The van der Waals surface area contributed by atoms with Gasteiger partial charge in [0.15, 0.2) is 0 Å². The van der Waals surface area contributed by atoms with Gasteiger partial charge in [0, 0.05) is 37.1 Å². The van der Waals surface area contributed by atoms with Crippen LogP contribution in [0, 0.1) is 0 Å². The Morgan fingerprint density at radius 2 is 2.44 bits per heavy atom. The van der Waals surface area contributed by atoms with E-state index in [0.717, 1.165) is 19.5 Å². The highest BCUT2D eigenvalue weighted by Crippen LogP contribution is 2.18. The fraction of sp³-hybridized carbons (Fsp3) is 0.455. The molecule has 1 N–H and O–H groups in total. The molecule has 0 aliphatic rings. The maximum absolute atomic E-state index is 4.34. The molecule has 86 valence electrons. The predicted molar refractivity (Wildman–Crippen MR) is 65.4 cm³/mol. The second kappa shape index (κ2) is 5.77. The van der Waals surface area contributed by atoms with Gasteiger partial charge in [0.2, 0.25) is 0 Å². The van der Waals surface area contributed by atoms with Crippen molar-refractivity contribution < 1.29 is 0 Å². The Balaban J connectivity index is 1.80. The van der Waals surface area contributed by atoms with Crippen LogP contribution in [0.25, 0.3) is 0 Å².